The van der Waals surface area contributed by atoms with Crippen molar-refractivity contribution in [3.63, 3.8) is 0 Å². The van der Waals surface area contributed by atoms with Crippen LogP contribution in [0.3, 0.4) is 0 Å². The van der Waals surface area contributed by atoms with Crippen molar-refractivity contribution in [1.29, 1.82) is 0 Å². The van der Waals surface area contributed by atoms with Crippen LogP contribution in [0.2, 0.25) is 0 Å². The maximum atomic E-state index is 5.50. The van der Waals surface area contributed by atoms with Gasteiger partial charge in [0.25, 0.3) is 0 Å². The maximum absolute atomic E-state index is 5.50. The molecular formula is C14H27N5. The first-order valence-corrected chi connectivity index (χ1v) is 7.12. The third-order valence-electron chi connectivity index (χ3n) is 3.33. The SMILES string of the molecule is CCC(C)CN(CC)c1cc(NN)nc(C(C)C)n1. The molecule has 0 fully saturated rings. The quantitative estimate of drug-likeness (QED) is 0.586. The van der Waals surface area contributed by atoms with Crippen LogP contribution in [0.5, 0.6) is 0 Å². The summed E-state index contributed by atoms with van der Waals surface area (Å²) in [6.07, 6.45) is 1.17. The summed E-state index contributed by atoms with van der Waals surface area (Å²) in [6.45, 7) is 12.7. The number of hydrogen-bond acceptors (Lipinski definition) is 5. The normalized spacial score (nSPS) is 12.6. The number of nitrogen functional groups attached to an aromatic ring is 1. The molecule has 1 heterocycles. The monoisotopic (exact) mass is 265 g/mol. The molecule has 5 heteroatoms. The second kappa shape index (κ2) is 7.28. The van der Waals surface area contributed by atoms with Crippen molar-refractivity contribution < 1.29 is 0 Å². The number of rotatable bonds is 7. The van der Waals surface area contributed by atoms with Gasteiger partial charge in [0.1, 0.15) is 17.5 Å². The minimum Gasteiger partial charge on any atom is -0.356 e. The van der Waals surface area contributed by atoms with Gasteiger partial charge in [-0.25, -0.2) is 15.8 Å². The molecule has 0 amide bonds. The molecule has 0 aliphatic carbocycles. The Balaban J connectivity index is 3.04. The van der Waals surface area contributed by atoms with Gasteiger partial charge < -0.3 is 10.3 Å². The molecule has 1 atom stereocenters. The van der Waals surface area contributed by atoms with Gasteiger partial charge in [-0.1, -0.05) is 34.1 Å². The van der Waals surface area contributed by atoms with Crippen LogP contribution >= 0.6 is 0 Å². The van der Waals surface area contributed by atoms with Crippen LogP contribution in [0.1, 0.15) is 52.8 Å². The Labute approximate surface area is 116 Å². The summed E-state index contributed by atoms with van der Waals surface area (Å²) in [4.78, 5) is 11.3. The highest BCUT2D eigenvalue weighted by Crippen LogP contribution is 2.20. The van der Waals surface area contributed by atoms with E-state index in [1.165, 1.54) is 6.42 Å². The van der Waals surface area contributed by atoms with Gasteiger partial charge in [-0.05, 0) is 12.8 Å². The third kappa shape index (κ3) is 4.35. The molecule has 0 spiro atoms. The first-order chi connectivity index (χ1) is 9.01. The number of hydrogen-bond donors (Lipinski definition) is 2. The zero-order valence-corrected chi connectivity index (χ0v) is 12.8. The molecule has 0 aromatic carbocycles. The van der Waals surface area contributed by atoms with Crippen LogP contribution in [0.25, 0.3) is 0 Å². The summed E-state index contributed by atoms with van der Waals surface area (Å²) in [5.41, 5.74) is 2.63. The average Bonchev–Trinajstić information content (AvgIpc) is 2.43. The number of nitrogens with two attached hydrogens (primary N) is 1. The zero-order valence-electron chi connectivity index (χ0n) is 12.8. The first kappa shape index (κ1) is 15.7. The third-order valence-corrected chi connectivity index (χ3v) is 3.33. The maximum Gasteiger partial charge on any atom is 0.145 e. The lowest BCUT2D eigenvalue weighted by Gasteiger charge is -2.26. The Hall–Kier alpha value is -1.36. The molecule has 1 rings (SSSR count). The van der Waals surface area contributed by atoms with Crippen molar-refractivity contribution in [3.05, 3.63) is 11.9 Å². The van der Waals surface area contributed by atoms with E-state index in [9.17, 15) is 0 Å². The molecule has 0 saturated heterocycles. The highest BCUT2D eigenvalue weighted by molar-refractivity contribution is 5.49. The van der Waals surface area contributed by atoms with Crippen molar-refractivity contribution in [2.24, 2.45) is 11.8 Å². The molecule has 3 N–H and O–H groups in total. The summed E-state index contributed by atoms with van der Waals surface area (Å²) < 4.78 is 0. The minimum atomic E-state index is 0.286. The molecule has 0 bridgehead atoms. The van der Waals surface area contributed by atoms with Crippen LogP contribution in [0, 0.1) is 5.92 Å². The Kier molecular flexibility index (Phi) is 6.02. The summed E-state index contributed by atoms with van der Waals surface area (Å²) >= 11 is 0. The largest absolute Gasteiger partial charge is 0.356 e. The molecule has 0 aliphatic heterocycles. The Bertz CT molecular complexity index is 391. The van der Waals surface area contributed by atoms with Crippen molar-refractivity contribution >= 4 is 11.6 Å². The van der Waals surface area contributed by atoms with Crippen LogP contribution in [0.4, 0.5) is 11.6 Å². The number of hydrazine groups is 1. The molecule has 1 aromatic rings. The first-order valence-electron chi connectivity index (χ1n) is 7.12. The summed E-state index contributed by atoms with van der Waals surface area (Å²) in [5.74, 6) is 8.89. The predicted octanol–water partition coefficient (Wildman–Crippen LogP) is 2.76. The van der Waals surface area contributed by atoms with Crippen LogP contribution in [-0.4, -0.2) is 23.1 Å². The molecule has 19 heavy (non-hydrogen) atoms. The summed E-state index contributed by atoms with van der Waals surface area (Å²) in [6, 6.07) is 1.91. The highest BCUT2D eigenvalue weighted by atomic mass is 15.3. The van der Waals surface area contributed by atoms with E-state index in [0.29, 0.717) is 11.7 Å². The van der Waals surface area contributed by atoms with Crippen molar-refractivity contribution in [2.75, 3.05) is 23.4 Å². The van der Waals surface area contributed by atoms with Gasteiger partial charge in [-0.15, -0.1) is 0 Å². The lowest BCUT2D eigenvalue weighted by atomic mass is 10.1. The summed E-state index contributed by atoms with van der Waals surface area (Å²) in [7, 11) is 0. The number of aromatic nitrogens is 2. The second-order valence-corrected chi connectivity index (χ2v) is 5.32. The van der Waals surface area contributed by atoms with Gasteiger partial charge >= 0.3 is 0 Å². The van der Waals surface area contributed by atoms with Gasteiger partial charge in [-0.3, -0.25) is 0 Å². The fourth-order valence-electron chi connectivity index (χ4n) is 1.84. The van der Waals surface area contributed by atoms with E-state index in [1.54, 1.807) is 0 Å². The Morgan fingerprint density at radius 1 is 1.26 bits per heavy atom. The van der Waals surface area contributed by atoms with E-state index in [4.69, 9.17) is 5.84 Å². The van der Waals surface area contributed by atoms with E-state index in [0.717, 1.165) is 24.7 Å². The fourth-order valence-corrected chi connectivity index (χ4v) is 1.84. The Morgan fingerprint density at radius 3 is 2.42 bits per heavy atom. The smallest absolute Gasteiger partial charge is 0.145 e. The van der Waals surface area contributed by atoms with E-state index in [1.807, 2.05) is 6.07 Å². The average molecular weight is 265 g/mol. The fraction of sp³-hybridized carbons (Fsp3) is 0.714. The van der Waals surface area contributed by atoms with Crippen molar-refractivity contribution in [2.45, 2.75) is 47.0 Å². The van der Waals surface area contributed by atoms with Gasteiger partial charge in [0.05, 0.1) is 0 Å². The molecule has 0 aliphatic rings. The Morgan fingerprint density at radius 2 is 1.95 bits per heavy atom. The van der Waals surface area contributed by atoms with E-state index in [2.05, 4.69) is 54.9 Å². The lowest BCUT2D eigenvalue weighted by molar-refractivity contribution is 0.544. The number of anilines is 2. The minimum absolute atomic E-state index is 0.286. The lowest BCUT2D eigenvalue weighted by Crippen LogP contribution is -2.29. The zero-order chi connectivity index (χ0) is 14.4. The van der Waals surface area contributed by atoms with Gasteiger partial charge in [-0.2, -0.15) is 0 Å². The van der Waals surface area contributed by atoms with E-state index < -0.39 is 0 Å². The molecule has 0 saturated carbocycles. The number of nitrogens with one attached hydrogen (secondary N) is 1. The molecule has 1 unspecified atom stereocenters. The highest BCUT2D eigenvalue weighted by Gasteiger charge is 2.14. The topological polar surface area (TPSA) is 67.1 Å². The standard InChI is InChI=1S/C14H27N5/c1-6-11(5)9-19(7-2)13-8-12(18-15)16-14(17-13)10(3)4/h8,10-11H,6-7,9,15H2,1-5H3,(H,16,17,18). The molecular weight excluding hydrogens is 238 g/mol. The second-order valence-electron chi connectivity index (χ2n) is 5.32. The van der Waals surface area contributed by atoms with Crippen molar-refractivity contribution in [1.82, 2.24) is 9.97 Å². The van der Waals surface area contributed by atoms with Crippen molar-refractivity contribution in [3.8, 4) is 0 Å². The molecule has 0 radical (unpaired) electrons. The van der Waals surface area contributed by atoms with Crippen LogP contribution in [0.15, 0.2) is 6.07 Å². The van der Waals surface area contributed by atoms with Gasteiger partial charge in [0, 0.05) is 25.1 Å². The molecule has 108 valence electrons. The van der Waals surface area contributed by atoms with Crippen LogP contribution in [-0.2, 0) is 0 Å². The van der Waals surface area contributed by atoms with E-state index in [-0.39, 0.29) is 5.92 Å². The van der Waals surface area contributed by atoms with Gasteiger partial charge in [0.2, 0.25) is 0 Å². The van der Waals surface area contributed by atoms with Crippen LogP contribution < -0.4 is 16.2 Å². The molecule has 1 aromatic heterocycles. The molecule has 5 nitrogen and oxygen atoms in total. The van der Waals surface area contributed by atoms with E-state index >= 15 is 0 Å². The summed E-state index contributed by atoms with van der Waals surface area (Å²) in [5, 5.41) is 0. The predicted molar refractivity (Wildman–Crippen MR) is 81.3 cm³/mol. The van der Waals surface area contributed by atoms with Gasteiger partial charge in [0.15, 0.2) is 0 Å². The number of nitrogens with zero attached hydrogens (tertiary/aromatic N) is 3.